The molecule has 1 heterocycles. The van der Waals surface area contributed by atoms with Crippen molar-refractivity contribution in [1.82, 2.24) is 5.32 Å². The Morgan fingerprint density at radius 3 is 2.55 bits per heavy atom. The van der Waals surface area contributed by atoms with Crippen LogP contribution in [0.25, 0.3) is 0 Å². The first kappa shape index (κ1) is 16.0. The van der Waals surface area contributed by atoms with Crippen molar-refractivity contribution in [2.45, 2.75) is 95.8 Å². The summed E-state index contributed by atoms with van der Waals surface area (Å²) in [6.45, 7) is 7.71. The third-order valence-corrected chi connectivity index (χ3v) is 4.64. The molecule has 0 aromatic rings. The van der Waals surface area contributed by atoms with Gasteiger partial charge >= 0.3 is 0 Å². The summed E-state index contributed by atoms with van der Waals surface area (Å²) in [7, 11) is 0. The van der Waals surface area contributed by atoms with Crippen LogP contribution in [0.3, 0.4) is 0 Å². The van der Waals surface area contributed by atoms with Crippen LogP contribution in [0.15, 0.2) is 12.2 Å². The monoisotopic (exact) mass is 279 g/mol. The quantitative estimate of drug-likeness (QED) is 0.587. The molecule has 1 aliphatic carbocycles. The minimum atomic E-state index is 0.232. The van der Waals surface area contributed by atoms with Crippen molar-refractivity contribution in [2.24, 2.45) is 0 Å². The van der Waals surface area contributed by atoms with E-state index in [1.807, 2.05) is 0 Å². The molecule has 2 fully saturated rings. The minimum Gasteiger partial charge on any atom is -0.371 e. The van der Waals surface area contributed by atoms with E-state index < -0.39 is 0 Å². The molecule has 2 rings (SSSR count). The van der Waals surface area contributed by atoms with Gasteiger partial charge in [0, 0.05) is 5.54 Å². The maximum Gasteiger partial charge on any atom is 0.0687 e. The third-order valence-electron chi connectivity index (χ3n) is 4.64. The Morgan fingerprint density at radius 1 is 1.10 bits per heavy atom. The standard InChI is InChI=1S/C18H33NO/c1-17(2,3)19-15-9-4-6-10-16-11-14-18(20-16)12-7-5-8-13-18/h4,6,16,19H,5,7-15H2,1-3H3/b6-4+. The molecule has 1 saturated carbocycles. The Kier molecular flexibility index (Phi) is 5.68. The second-order valence-electron chi connectivity index (χ2n) is 7.69. The average Bonchev–Trinajstić information content (AvgIpc) is 2.76. The molecular formula is C18H33NO. The molecule has 1 N–H and O–H groups in total. The van der Waals surface area contributed by atoms with Gasteiger partial charge in [0.2, 0.25) is 0 Å². The first-order valence-electron chi connectivity index (χ1n) is 8.57. The van der Waals surface area contributed by atoms with Crippen molar-refractivity contribution in [3.8, 4) is 0 Å². The predicted octanol–water partition coefficient (Wildman–Crippen LogP) is 4.59. The summed E-state index contributed by atoms with van der Waals surface area (Å²) in [5.41, 5.74) is 0.514. The summed E-state index contributed by atoms with van der Waals surface area (Å²) < 4.78 is 6.38. The Labute approximate surface area is 125 Å². The summed E-state index contributed by atoms with van der Waals surface area (Å²) in [6, 6.07) is 0. The van der Waals surface area contributed by atoms with E-state index in [0.29, 0.717) is 6.10 Å². The van der Waals surface area contributed by atoms with Gasteiger partial charge in [0.1, 0.15) is 0 Å². The van der Waals surface area contributed by atoms with Crippen molar-refractivity contribution in [3.05, 3.63) is 12.2 Å². The molecule has 116 valence electrons. The molecule has 1 atom stereocenters. The maximum absolute atomic E-state index is 6.38. The minimum absolute atomic E-state index is 0.232. The Bertz CT molecular complexity index is 310. The van der Waals surface area contributed by atoms with Gasteiger partial charge in [-0.2, -0.15) is 0 Å². The van der Waals surface area contributed by atoms with Crippen molar-refractivity contribution in [3.63, 3.8) is 0 Å². The van der Waals surface area contributed by atoms with E-state index >= 15 is 0 Å². The van der Waals surface area contributed by atoms with E-state index in [1.54, 1.807) is 0 Å². The molecule has 2 heteroatoms. The lowest BCUT2D eigenvalue weighted by molar-refractivity contribution is -0.0620. The van der Waals surface area contributed by atoms with Crippen LogP contribution in [0.2, 0.25) is 0 Å². The van der Waals surface area contributed by atoms with Crippen LogP contribution in [0.1, 0.15) is 78.6 Å². The molecule has 0 aromatic carbocycles. The lowest BCUT2D eigenvalue weighted by Crippen LogP contribution is -2.36. The highest BCUT2D eigenvalue weighted by Gasteiger charge is 2.40. The van der Waals surface area contributed by atoms with E-state index in [1.165, 1.54) is 44.9 Å². The zero-order valence-corrected chi connectivity index (χ0v) is 13.7. The highest BCUT2D eigenvalue weighted by atomic mass is 16.5. The van der Waals surface area contributed by atoms with Crippen molar-refractivity contribution < 1.29 is 4.74 Å². The van der Waals surface area contributed by atoms with Gasteiger partial charge in [-0.25, -0.2) is 0 Å². The van der Waals surface area contributed by atoms with Crippen LogP contribution in [0.4, 0.5) is 0 Å². The van der Waals surface area contributed by atoms with Gasteiger partial charge in [-0.05, 0) is 65.8 Å². The molecule has 20 heavy (non-hydrogen) atoms. The summed E-state index contributed by atoms with van der Waals surface area (Å²) in [4.78, 5) is 0. The number of hydrogen-bond acceptors (Lipinski definition) is 2. The van der Waals surface area contributed by atoms with Crippen molar-refractivity contribution in [1.29, 1.82) is 0 Å². The summed E-state index contributed by atoms with van der Waals surface area (Å²) in [6.07, 6.45) is 16.7. The SMILES string of the molecule is CC(C)(C)NCC/C=C/CC1CCC2(CCCCC2)O1. The van der Waals surface area contributed by atoms with Crippen LogP contribution in [-0.4, -0.2) is 23.8 Å². The Balaban J connectivity index is 1.61. The highest BCUT2D eigenvalue weighted by molar-refractivity contribution is 4.94. The summed E-state index contributed by atoms with van der Waals surface area (Å²) in [5, 5.41) is 3.51. The molecule has 0 radical (unpaired) electrons. The smallest absolute Gasteiger partial charge is 0.0687 e. The lowest BCUT2D eigenvalue weighted by atomic mass is 9.83. The molecule has 1 aliphatic heterocycles. The van der Waals surface area contributed by atoms with Crippen LogP contribution in [0, 0.1) is 0 Å². The van der Waals surface area contributed by atoms with Gasteiger partial charge in [-0.3, -0.25) is 0 Å². The zero-order valence-electron chi connectivity index (χ0n) is 13.7. The van der Waals surface area contributed by atoms with Crippen molar-refractivity contribution in [2.75, 3.05) is 6.54 Å². The fraction of sp³-hybridized carbons (Fsp3) is 0.889. The molecule has 1 spiro atoms. The molecular weight excluding hydrogens is 246 g/mol. The Morgan fingerprint density at radius 2 is 1.85 bits per heavy atom. The van der Waals surface area contributed by atoms with Crippen LogP contribution in [-0.2, 0) is 4.74 Å². The largest absolute Gasteiger partial charge is 0.371 e. The normalized spacial score (nSPS) is 26.6. The fourth-order valence-corrected chi connectivity index (χ4v) is 3.52. The third kappa shape index (κ3) is 5.21. The molecule has 1 saturated heterocycles. The van der Waals surface area contributed by atoms with Gasteiger partial charge < -0.3 is 10.1 Å². The second-order valence-corrected chi connectivity index (χ2v) is 7.69. The van der Waals surface area contributed by atoms with Gasteiger partial charge in [0.25, 0.3) is 0 Å². The van der Waals surface area contributed by atoms with E-state index in [9.17, 15) is 0 Å². The van der Waals surface area contributed by atoms with E-state index in [4.69, 9.17) is 4.74 Å². The summed E-state index contributed by atoms with van der Waals surface area (Å²) >= 11 is 0. The topological polar surface area (TPSA) is 21.3 Å². The molecule has 2 aliphatic rings. The number of hydrogen-bond donors (Lipinski definition) is 1. The van der Waals surface area contributed by atoms with E-state index in [2.05, 4.69) is 38.2 Å². The van der Waals surface area contributed by atoms with Crippen LogP contribution >= 0.6 is 0 Å². The highest BCUT2D eigenvalue weighted by Crippen LogP contribution is 2.42. The van der Waals surface area contributed by atoms with Gasteiger partial charge in [-0.15, -0.1) is 0 Å². The number of rotatable bonds is 5. The van der Waals surface area contributed by atoms with Crippen LogP contribution < -0.4 is 5.32 Å². The molecule has 1 unspecified atom stereocenters. The maximum atomic E-state index is 6.38. The fourth-order valence-electron chi connectivity index (χ4n) is 3.52. The molecule has 0 aromatic heterocycles. The number of nitrogens with one attached hydrogen (secondary N) is 1. The number of ether oxygens (including phenoxy) is 1. The lowest BCUT2D eigenvalue weighted by Gasteiger charge is -2.33. The Hall–Kier alpha value is -0.340. The van der Waals surface area contributed by atoms with Crippen molar-refractivity contribution >= 4 is 0 Å². The van der Waals surface area contributed by atoms with Crippen LogP contribution in [0.5, 0.6) is 0 Å². The van der Waals surface area contributed by atoms with Gasteiger partial charge in [0.15, 0.2) is 0 Å². The predicted molar refractivity (Wildman–Crippen MR) is 86.1 cm³/mol. The van der Waals surface area contributed by atoms with Gasteiger partial charge in [0.05, 0.1) is 11.7 Å². The second kappa shape index (κ2) is 7.09. The molecule has 0 bridgehead atoms. The molecule has 0 amide bonds. The molecule has 2 nitrogen and oxygen atoms in total. The summed E-state index contributed by atoms with van der Waals surface area (Å²) in [5.74, 6) is 0. The zero-order chi connectivity index (χ0) is 14.5. The average molecular weight is 279 g/mol. The first-order chi connectivity index (χ1) is 9.49. The first-order valence-corrected chi connectivity index (χ1v) is 8.57. The van der Waals surface area contributed by atoms with E-state index in [0.717, 1.165) is 19.4 Å². The van der Waals surface area contributed by atoms with E-state index in [-0.39, 0.29) is 11.1 Å². The van der Waals surface area contributed by atoms with Gasteiger partial charge in [-0.1, -0.05) is 31.4 Å².